The predicted molar refractivity (Wildman–Crippen MR) is 64.0 cm³/mol. The molecule has 0 radical (unpaired) electrons. The standard InChI is InChI=1S/C12H15F2N3O/c13-12(14)6-17(7-12)9-4-16-11(15)3-10(9)18-5-8-1-2-8/h3-4,8H,1-2,5-7H2,(H2,15,16). The van der Waals surface area contributed by atoms with E-state index in [1.165, 1.54) is 19.0 Å². The number of ether oxygens (including phenoxy) is 1. The first-order valence-electron chi connectivity index (χ1n) is 6.05. The van der Waals surface area contributed by atoms with Crippen LogP contribution in [0.5, 0.6) is 5.75 Å². The zero-order valence-corrected chi connectivity index (χ0v) is 9.90. The molecule has 2 heterocycles. The smallest absolute Gasteiger partial charge is 0.282 e. The summed E-state index contributed by atoms with van der Waals surface area (Å²) in [6.07, 6.45) is 3.86. The number of nitrogens with two attached hydrogens (primary N) is 1. The van der Waals surface area contributed by atoms with Crippen molar-refractivity contribution in [3.05, 3.63) is 12.3 Å². The normalized spacial score (nSPS) is 21.6. The molecular formula is C12H15F2N3O. The molecule has 3 rings (SSSR count). The Morgan fingerprint density at radius 2 is 2.17 bits per heavy atom. The molecule has 0 bridgehead atoms. The summed E-state index contributed by atoms with van der Waals surface area (Å²) in [4.78, 5) is 5.51. The number of nitrogens with zero attached hydrogens (tertiary/aromatic N) is 2. The molecule has 4 nitrogen and oxygen atoms in total. The molecule has 0 aromatic carbocycles. The summed E-state index contributed by atoms with van der Waals surface area (Å²) in [5.41, 5.74) is 6.21. The van der Waals surface area contributed by atoms with Crippen molar-refractivity contribution in [2.75, 3.05) is 30.3 Å². The fraction of sp³-hybridized carbons (Fsp3) is 0.583. The molecule has 0 unspecified atom stereocenters. The number of hydrogen-bond acceptors (Lipinski definition) is 4. The Morgan fingerprint density at radius 3 is 2.78 bits per heavy atom. The summed E-state index contributed by atoms with van der Waals surface area (Å²) in [5.74, 6) is -1.10. The first kappa shape index (κ1) is 11.5. The van der Waals surface area contributed by atoms with Gasteiger partial charge in [-0.25, -0.2) is 13.8 Å². The molecule has 2 N–H and O–H groups in total. The van der Waals surface area contributed by atoms with Crippen molar-refractivity contribution in [2.24, 2.45) is 5.92 Å². The minimum absolute atomic E-state index is 0.279. The number of halogens is 2. The fourth-order valence-corrected chi connectivity index (χ4v) is 1.97. The molecule has 1 aromatic heterocycles. The van der Waals surface area contributed by atoms with Crippen molar-refractivity contribution in [2.45, 2.75) is 18.8 Å². The van der Waals surface area contributed by atoms with E-state index in [-0.39, 0.29) is 13.1 Å². The average molecular weight is 255 g/mol. The Balaban J connectivity index is 1.74. The van der Waals surface area contributed by atoms with Gasteiger partial charge in [0.1, 0.15) is 11.6 Å². The summed E-state index contributed by atoms with van der Waals surface area (Å²) in [7, 11) is 0. The second-order valence-corrected chi connectivity index (χ2v) is 5.04. The number of nitrogen functional groups attached to an aromatic ring is 1. The highest BCUT2D eigenvalue weighted by Crippen LogP contribution is 2.38. The summed E-state index contributed by atoms with van der Waals surface area (Å²) < 4.78 is 31.4. The van der Waals surface area contributed by atoms with Crippen molar-refractivity contribution in [3.8, 4) is 5.75 Å². The molecular weight excluding hydrogens is 240 g/mol. The molecule has 1 aliphatic heterocycles. The number of hydrogen-bond donors (Lipinski definition) is 1. The highest BCUT2D eigenvalue weighted by molar-refractivity contribution is 5.62. The highest BCUT2D eigenvalue weighted by Gasteiger charge is 2.45. The molecule has 0 spiro atoms. The van der Waals surface area contributed by atoms with Crippen LogP contribution in [0.4, 0.5) is 20.3 Å². The summed E-state index contributed by atoms with van der Waals surface area (Å²) in [6.45, 7) is 0.0669. The van der Waals surface area contributed by atoms with E-state index in [1.54, 1.807) is 11.0 Å². The van der Waals surface area contributed by atoms with Crippen molar-refractivity contribution < 1.29 is 13.5 Å². The van der Waals surface area contributed by atoms with Crippen LogP contribution < -0.4 is 15.4 Å². The van der Waals surface area contributed by atoms with E-state index in [2.05, 4.69) is 4.98 Å². The molecule has 0 atom stereocenters. The predicted octanol–water partition coefficient (Wildman–Crippen LogP) is 1.91. The van der Waals surface area contributed by atoms with Gasteiger partial charge in [0.25, 0.3) is 5.92 Å². The first-order valence-corrected chi connectivity index (χ1v) is 6.05. The van der Waals surface area contributed by atoms with Crippen LogP contribution in [0.15, 0.2) is 12.3 Å². The van der Waals surface area contributed by atoms with Gasteiger partial charge in [0.15, 0.2) is 0 Å². The van der Waals surface area contributed by atoms with Crippen molar-refractivity contribution in [1.29, 1.82) is 0 Å². The number of alkyl halides is 2. The van der Waals surface area contributed by atoms with Crippen LogP contribution in [0.1, 0.15) is 12.8 Å². The lowest BCUT2D eigenvalue weighted by molar-refractivity contribution is -0.0265. The summed E-state index contributed by atoms with van der Waals surface area (Å²) in [6, 6.07) is 1.61. The third-order valence-electron chi connectivity index (χ3n) is 3.22. The quantitative estimate of drug-likeness (QED) is 0.893. The van der Waals surface area contributed by atoms with Crippen LogP contribution in [0.25, 0.3) is 0 Å². The number of aromatic nitrogens is 1. The van der Waals surface area contributed by atoms with Crippen LogP contribution in [-0.4, -0.2) is 30.6 Å². The van der Waals surface area contributed by atoms with Gasteiger partial charge >= 0.3 is 0 Å². The SMILES string of the molecule is Nc1cc(OCC2CC2)c(N2CC(F)(F)C2)cn1. The van der Waals surface area contributed by atoms with Gasteiger partial charge in [0.2, 0.25) is 0 Å². The van der Waals surface area contributed by atoms with E-state index >= 15 is 0 Å². The molecule has 2 aliphatic rings. The monoisotopic (exact) mass is 255 g/mol. The zero-order chi connectivity index (χ0) is 12.8. The second kappa shape index (κ2) is 3.96. The van der Waals surface area contributed by atoms with Crippen molar-refractivity contribution in [1.82, 2.24) is 4.98 Å². The van der Waals surface area contributed by atoms with Gasteiger partial charge in [-0.05, 0) is 18.8 Å². The van der Waals surface area contributed by atoms with E-state index in [1.807, 2.05) is 0 Å². The van der Waals surface area contributed by atoms with Crippen LogP contribution in [0, 0.1) is 5.92 Å². The second-order valence-electron chi connectivity index (χ2n) is 5.04. The minimum atomic E-state index is -2.60. The average Bonchev–Trinajstić information content (AvgIpc) is 3.07. The Morgan fingerprint density at radius 1 is 1.44 bits per heavy atom. The number of pyridine rings is 1. The maximum absolute atomic E-state index is 12.9. The van der Waals surface area contributed by atoms with Gasteiger partial charge in [-0.15, -0.1) is 0 Å². The first-order chi connectivity index (χ1) is 8.53. The summed E-state index contributed by atoms with van der Waals surface area (Å²) in [5, 5.41) is 0. The highest BCUT2D eigenvalue weighted by atomic mass is 19.3. The van der Waals surface area contributed by atoms with Gasteiger partial charge < -0.3 is 15.4 Å². The third kappa shape index (κ3) is 2.32. The zero-order valence-electron chi connectivity index (χ0n) is 9.90. The third-order valence-corrected chi connectivity index (χ3v) is 3.22. The van der Waals surface area contributed by atoms with Gasteiger partial charge in [0, 0.05) is 6.07 Å². The number of anilines is 2. The van der Waals surface area contributed by atoms with Gasteiger partial charge in [-0.2, -0.15) is 0 Å². The Hall–Kier alpha value is -1.59. The van der Waals surface area contributed by atoms with Gasteiger partial charge in [0.05, 0.1) is 31.6 Å². The molecule has 6 heteroatoms. The van der Waals surface area contributed by atoms with E-state index in [9.17, 15) is 8.78 Å². The van der Waals surface area contributed by atoms with E-state index < -0.39 is 5.92 Å². The number of rotatable bonds is 4. The molecule has 1 saturated carbocycles. The lowest BCUT2D eigenvalue weighted by Crippen LogP contribution is -2.56. The Kier molecular flexibility index (Phi) is 2.53. The molecule has 0 amide bonds. The minimum Gasteiger partial charge on any atom is -0.491 e. The van der Waals surface area contributed by atoms with Crippen molar-refractivity contribution in [3.63, 3.8) is 0 Å². The van der Waals surface area contributed by atoms with Crippen LogP contribution in [-0.2, 0) is 0 Å². The Bertz CT molecular complexity index is 455. The van der Waals surface area contributed by atoms with E-state index in [0.29, 0.717) is 29.8 Å². The fourth-order valence-electron chi connectivity index (χ4n) is 1.97. The summed E-state index contributed by atoms with van der Waals surface area (Å²) >= 11 is 0. The van der Waals surface area contributed by atoms with Crippen LogP contribution in [0.3, 0.4) is 0 Å². The molecule has 2 fully saturated rings. The van der Waals surface area contributed by atoms with Crippen LogP contribution >= 0.6 is 0 Å². The van der Waals surface area contributed by atoms with E-state index in [0.717, 1.165) is 0 Å². The van der Waals surface area contributed by atoms with Crippen LogP contribution in [0.2, 0.25) is 0 Å². The molecule has 1 aliphatic carbocycles. The van der Waals surface area contributed by atoms with Gasteiger partial charge in [-0.1, -0.05) is 0 Å². The molecule has 98 valence electrons. The van der Waals surface area contributed by atoms with Gasteiger partial charge in [-0.3, -0.25) is 0 Å². The lowest BCUT2D eigenvalue weighted by Gasteiger charge is -2.40. The molecule has 1 saturated heterocycles. The lowest BCUT2D eigenvalue weighted by atomic mass is 10.1. The van der Waals surface area contributed by atoms with E-state index in [4.69, 9.17) is 10.5 Å². The maximum Gasteiger partial charge on any atom is 0.282 e. The Labute approximate surface area is 104 Å². The van der Waals surface area contributed by atoms with Crippen molar-refractivity contribution >= 4 is 11.5 Å². The topological polar surface area (TPSA) is 51.4 Å². The molecule has 1 aromatic rings. The maximum atomic E-state index is 12.9. The molecule has 18 heavy (non-hydrogen) atoms. The largest absolute Gasteiger partial charge is 0.491 e.